The number of nitrogens with zero attached hydrogens (tertiary/aromatic N) is 2. The maximum absolute atomic E-state index is 13.0. The lowest BCUT2D eigenvalue weighted by Crippen LogP contribution is -2.28. The molecule has 27 heavy (non-hydrogen) atoms. The number of carbonyl (C=O) groups excluding carboxylic acids is 1. The number of amides is 1. The smallest absolute Gasteiger partial charge is 0.236 e. The predicted molar refractivity (Wildman–Crippen MR) is 103 cm³/mol. The van der Waals surface area contributed by atoms with Gasteiger partial charge >= 0.3 is 0 Å². The van der Waals surface area contributed by atoms with Crippen molar-refractivity contribution in [2.45, 2.75) is 18.3 Å². The Morgan fingerprint density at radius 1 is 1.00 bits per heavy atom. The van der Waals surface area contributed by atoms with E-state index in [9.17, 15) is 4.79 Å². The highest BCUT2D eigenvalue weighted by molar-refractivity contribution is 6.02. The summed E-state index contributed by atoms with van der Waals surface area (Å²) in [6.07, 6.45) is 3.30. The Morgan fingerprint density at radius 3 is 2.67 bits per heavy atom. The molecule has 0 saturated heterocycles. The summed E-state index contributed by atoms with van der Waals surface area (Å²) in [7, 11) is 0. The number of hydrogen-bond acceptors (Lipinski definition) is 4. The molecule has 1 amide bonds. The molecule has 1 aliphatic carbocycles. The van der Waals surface area contributed by atoms with Crippen LogP contribution in [0.3, 0.4) is 0 Å². The lowest BCUT2D eigenvalue weighted by Gasteiger charge is -2.12. The Balaban J connectivity index is 1.40. The molecule has 1 aliphatic rings. The molecule has 4 aromatic rings. The third-order valence-electron chi connectivity index (χ3n) is 5.10. The van der Waals surface area contributed by atoms with Gasteiger partial charge in [-0.25, -0.2) is 0 Å². The first-order chi connectivity index (χ1) is 13.2. The van der Waals surface area contributed by atoms with Crippen molar-refractivity contribution in [3.63, 3.8) is 0 Å². The lowest BCUT2D eigenvalue weighted by molar-refractivity contribution is -0.118. The SMILES string of the molecule is O=C(Nc1ccc2ncccc2c1)C1(c2cc(-c3ccccc3)on2)CC1. The number of aromatic nitrogens is 2. The van der Waals surface area contributed by atoms with Gasteiger partial charge in [-0.15, -0.1) is 0 Å². The second-order valence-corrected chi connectivity index (χ2v) is 6.89. The average Bonchev–Trinajstić information content (AvgIpc) is 3.38. The van der Waals surface area contributed by atoms with Gasteiger partial charge in [0.2, 0.25) is 5.91 Å². The Morgan fingerprint density at radius 2 is 1.85 bits per heavy atom. The fraction of sp³-hybridized carbons (Fsp3) is 0.136. The van der Waals surface area contributed by atoms with Gasteiger partial charge in [0.15, 0.2) is 5.76 Å². The van der Waals surface area contributed by atoms with Crippen LogP contribution in [0.2, 0.25) is 0 Å². The van der Waals surface area contributed by atoms with Gasteiger partial charge in [0.25, 0.3) is 0 Å². The predicted octanol–water partition coefficient (Wildman–Crippen LogP) is 4.56. The standard InChI is InChI=1S/C22H17N3O2/c26-21(24-17-8-9-18-16(13-17)7-4-12-23-18)22(10-11-22)20-14-19(27-25-20)15-5-2-1-3-6-15/h1-9,12-14H,10-11H2,(H,24,26). The summed E-state index contributed by atoms with van der Waals surface area (Å²) in [6.45, 7) is 0. The summed E-state index contributed by atoms with van der Waals surface area (Å²) in [6, 6.07) is 21.3. The van der Waals surface area contributed by atoms with Crippen LogP contribution in [0.15, 0.2) is 77.4 Å². The topological polar surface area (TPSA) is 68.0 Å². The van der Waals surface area contributed by atoms with Gasteiger partial charge in [-0.3, -0.25) is 9.78 Å². The highest BCUT2D eigenvalue weighted by atomic mass is 16.5. The molecule has 132 valence electrons. The number of pyridine rings is 1. The quantitative estimate of drug-likeness (QED) is 0.583. The lowest BCUT2D eigenvalue weighted by atomic mass is 10.00. The molecular weight excluding hydrogens is 338 g/mol. The summed E-state index contributed by atoms with van der Waals surface area (Å²) in [5.74, 6) is 0.639. The van der Waals surface area contributed by atoms with E-state index in [0.717, 1.165) is 35.0 Å². The summed E-state index contributed by atoms with van der Waals surface area (Å²) in [5, 5.41) is 8.22. The molecule has 0 unspecified atom stereocenters. The minimum absolute atomic E-state index is 0.0429. The third kappa shape index (κ3) is 2.77. The van der Waals surface area contributed by atoms with Crippen LogP contribution in [-0.2, 0) is 10.2 Å². The van der Waals surface area contributed by atoms with Crippen LogP contribution in [0.5, 0.6) is 0 Å². The Kier molecular flexibility index (Phi) is 3.53. The van der Waals surface area contributed by atoms with Crippen LogP contribution in [0, 0.1) is 0 Å². The first-order valence-electron chi connectivity index (χ1n) is 8.93. The van der Waals surface area contributed by atoms with Gasteiger partial charge in [-0.05, 0) is 37.1 Å². The molecule has 1 N–H and O–H groups in total. The minimum Gasteiger partial charge on any atom is -0.356 e. The maximum atomic E-state index is 13.0. The van der Waals surface area contributed by atoms with E-state index in [1.807, 2.05) is 66.7 Å². The van der Waals surface area contributed by atoms with Crippen LogP contribution in [0.4, 0.5) is 5.69 Å². The number of anilines is 1. The molecule has 5 heteroatoms. The largest absolute Gasteiger partial charge is 0.356 e. The van der Waals surface area contributed by atoms with E-state index in [1.165, 1.54) is 0 Å². The van der Waals surface area contributed by atoms with Crippen LogP contribution in [0.25, 0.3) is 22.2 Å². The van der Waals surface area contributed by atoms with Crippen LogP contribution < -0.4 is 5.32 Å². The van der Waals surface area contributed by atoms with E-state index in [1.54, 1.807) is 6.20 Å². The molecule has 5 rings (SSSR count). The van der Waals surface area contributed by atoms with Crippen LogP contribution in [0.1, 0.15) is 18.5 Å². The molecule has 1 saturated carbocycles. The molecule has 0 bridgehead atoms. The van der Waals surface area contributed by atoms with E-state index in [2.05, 4.69) is 15.5 Å². The maximum Gasteiger partial charge on any atom is 0.236 e. The average molecular weight is 355 g/mol. The van der Waals surface area contributed by atoms with E-state index in [0.29, 0.717) is 11.5 Å². The third-order valence-corrected chi connectivity index (χ3v) is 5.10. The second-order valence-electron chi connectivity index (χ2n) is 6.89. The zero-order valence-corrected chi connectivity index (χ0v) is 14.6. The monoisotopic (exact) mass is 355 g/mol. The molecule has 5 nitrogen and oxygen atoms in total. The summed E-state index contributed by atoms with van der Waals surface area (Å²) >= 11 is 0. The van der Waals surface area contributed by atoms with Crippen molar-refractivity contribution in [3.8, 4) is 11.3 Å². The number of fused-ring (bicyclic) bond motifs is 1. The van der Waals surface area contributed by atoms with Crippen molar-refractivity contribution in [1.82, 2.24) is 10.1 Å². The molecule has 2 aromatic heterocycles. The van der Waals surface area contributed by atoms with Crippen molar-refractivity contribution in [3.05, 3.63) is 78.6 Å². The Hall–Kier alpha value is -3.47. The van der Waals surface area contributed by atoms with Crippen LogP contribution in [-0.4, -0.2) is 16.0 Å². The normalized spacial score (nSPS) is 14.8. The zero-order chi connectivity index (χ0) is 18.3. The fourth-order valence-electron chi connectivity index (χ4n) is 3.37. The zero-order valence-electron chi connectivity index (χ0n) is 14.6. The highest BCUT2D eigenvalue weighted by Gasteiger charge is 2.53. The molecule has 0 radical (unpaired) electrons. The number of benzene rings is 2. The molecule has 0 spiro atoms. The molecule has 0 atom stereocenters. The van der Waals surface area contributed by atoms with Gasteiger partial charge < -0.3 is 9.84 Å². The summed E-state index contributed by atoms with van der Waals surface area (Å²) in [4.78, 5) is 17.3. The van der Waals surface area contributed by atoms with E-state index in [-0.39, 0.29) is 5.91 Å². The number of carbonyl (C=O) groups is 1. The molecule has 2 aromatic carbocycles. The fourth-order valence-corrected chi connectivity index (χ4v) is 3.37. The second kappa shape index (κ2) is 6.06. The van der Waals surface area contributed by atoms with E-state index < -0.39 is 5.41 Å². The van der Waals surface area contributed by atoms with Crippen molar-refractivity contribution >= 4 is 22.5 Å². The van der Waals surface area contributed by atoms with Gasteiger partial charge in [-0.1, -0.05) is 41.6 Å². The van der Waals surface area contributed by atoms with Crippen molar-refractivity contribution in [1.29, 1.82) is 0 Å². The molecule has 0 aliphatic heterocycles. The Bertz CT molecular complexity index is 1130. The minimum atomic E-state index is -0.597. The number of rotatable bonds is 4. The van der Waals surface area contributed by atoms with Gasteiger partial charge in [-0.2, -0.15) is 0 Å². The molecular formula is C22H17N3O2. The summed E-state index contributed by atoms with van der Waals surface area (Å²) in [5.41, 5.74) is 2.72. The highest BCUT2D eigenvalue weighted by Crippen LogP contribution is 2.49. The first kappa shape index (κ1) is 15.8. The molecule has 2 heterocycles. The molecule has 1 fully saturated rings. The van der Waals surface area contributed by atoms with Crippen LogP contribution >= 0.6 is 0 Å². The van der Waals surface area contributed by atoms with E-state index >= 15 is 0 Å². The van der Waals surface area contributed by atoms with Gasteiger partial charge in [0, 0.05) is 28.9 Å². The van der Waals surface area contributed by atoms with Gasteiger partial charge in [0.05, 0.1) is 16.6 Å². The number of hydrogen-bond donors (Lipinski definition) is 1. The first-order valence-corrected chi connectivity index (χ1v) is 8.93. The van der Waals surface area contributed by atoms with Crippen molar-refractivity contribution in [2.75, 3.05) is 5.32 Å². The van der Waals surface area contributed by atoms with Crippen molar-refractivity contribution in [2.24, 2.45) is 0 Å². The number of nitrogens with one attached hydrogen (secondary N) is 1. The Labute approximate surface area is 156 Å². The summed E-state index contributed by atoms with van der Waals surface area (Å²) < 4.78 is 5.50. The van der Waals surface area contributed by atoms with Gasteiger partial charge in [0.1, 0.15) is 0 Å². The van der Waals surface area contributed by atoms with E-state index in [4.69, 9.17) is 4.52 Å². The van der Waals surface area contributed by atoms with Crippen molar-refractivity contribution < 1.29 is 9.32 Å².